The molecule has 1 saturated carbocycles. The third kappa shape index (κ3) is 2.04. The monoisotopic (exact) mass is 219 g/mol. The van der Waals surface area contributed by atoms with Gasteiger partial charge in [-0.25, -0.2) is 0 Å². The highest BCUT2D eigenvalue weighted by Crippen LogP contribution is 2.37. The zero-order chi connectivity index (χ0) is 9.26. The molecule has 1 saturated heterocycles. The first-order valence-corrected chi connectivity index (χ1v) is 5.23. The molecule has 0 unspecified atom stereocenters. The molecule has 0 amide bonds. The van der Waals surface area contributed by atoms with Crippen LogP contribution in [0.2, 0.25) is 0 Å². The fourth-order valence-corrected chi connectivity index (χ4v) is 2.68. The van der Waals surface area contributed by atoms with E-state index in [1.165, 1.54) is 19.3 Å². The van der Waals surface area contributed by atoms with Gasteiger partial charge in [-0.1, -0.05) is 6.42 Å². The molecule has 0 radical (unpaired) electrons. The van der Waals surface area contributed by atoms with E-state index in [0.29, 0.717) is 12.5 Å². The van der Waals surface area contributed by atoms with Gasteiger partial charge in [0.25, 0.3) is 0 Å². The van der Waals surface area contributed by atoms with Gasteiger partial charge in [0.05, 0.1) is 6.61 Å². The van der Waals surface area contributed by atoms with Crippen LogP contribution in [0.3, 0.4) is 0 Å². The molecule has 0 bridgehead atoms. The van der Waals surface area contributed by atoms with Gasteiger partial charge in [-0.05, 0) is 38.1 Å². The second-order valence-electron chi connectivity index (χ2n) is 3.99. The molecule has 2 aliphatic rings. The van der Waals surface area contributed by atoms with Crippen LogP contribution in [0.15, 0.2) is 0 Å². The van der Waals surface area contributed by atoms with Gasteiger partial charge >= 0.3 is 5.97 Å². The van der Waals surface area contributed by atoms with Crippen molar-refractivity contribution in [3.05, 3.63) is 0 Å². The van der Waals surface area contributed by atoms with Gasteiger partial charge in [0.2, 0.25) is 0 Å². The molecule has 3 atom stereocenters. The Hall–Kier alpha value is -0.280. The number of carbonyl (C=O) groups excluding carboxylic acids is 1. The number of esters is 1. The van der Waals surface area contributed by atoms with Crippen molar-refractivity contribution in [1.29, 1.82) is 0 Å². The van der Waals surface area contributed by atoms with Gasteiger partial charge in [-0.15, -0.1) is 12.4 Å². The molecule has 1 N–H and O–H groups in total. The Kier molecular flexibility index (Phi) is 4.20. The zero-order valence-corrected chi connectivity index (χ0v) is 9.31. The van der Waals surface area contributed by atoms with Crippen LogP contribution in [0, 0.1) is 11.8 Å². The minimum atomic E-state index is -0.0445. The summed E-state index contributed by atoms with van der Waals surface area (Å²) < 4.78 is 5.03. The summed E-state index contributed by atoms with van der Waals surface area (Å²) >= 11 is 0. The lowest BCUT2D eigenvalue weighted by Gasteiger charge is -2.15. The van der Waals surface area contributed by atoms with Crippen LogP contribution < -0.4 is 5.32 Å². The molecular formula is C10H18ClNO2. The van der Waals surface area contributed by atoms with Crippen molar-refractivity contribution in [3.63, 3.8) is 0 Å². The quantitative estimate of drug-likeness (QED) is 0.713. The van der Waals surface area contributed by atoms with Crippen LogP contribution in [-0.2, 0) is 9.53 Å². The average molecular weight is 220 g/mol. The van der Waals surface area contributed by atoms with Gasteiger partial charge in [0.15, 0.2) is 0 Å². The second kappa shape index (κ2) is 4.99. The number of ether oxygens (including phenoxy) is 1. The molecule has 0 aromatic carbocycles. The summed E-state index contributed by atoms with van der Waals surface area (Å²) in [6, 6.07) is -0.00699. The summed E-state index contributed by atoms with van der Waals surface area (Å²) in [5.74, 6) is 1.24. The number of fused-ring (bicyclic) bond motifs is 1. The zero-order valence-electron chi connectivity index (χ0n) is 8.49. The Balaban J connectivity index is 0.000000980. The highest BCUT2D eigenvalue weighted by Gasteiger charge is 2.42. The molecular weight excluding hydrogens is 202 g/mol. The van der Waals surface area contributed by atoms with E-state index in [0.717, 1.165) is 12.5 Å². The van der Waals surface area contributed by atoms with Crippen molar-refractivity contribution >= 4 is 18.4 Å². The molecule has 1 aliphatic carbocycles. The predicted molar refractivity (Wildman–Crippen MR) is 56.5 cm³/mol. The van der Waals surface area contributed by atoms with Crippen molar-refractivity contribution < 1.29 is 9.53 Å². The lowest BCUT2D eigenvalue weighted by Crippen LogP contribution is -2.37. The van der Waals surface area contributed by atoms with Gasteiger partial charge in [0, 0.05) is 0 Å². The van der Waals surface area contributed by atoms with Crippen LogP contribution in [0.5, 0.6) is 0 Å². The highest BCUT2D eigenvalue weighted by molar-refractivity contribution is 5.85. The number of halogens is 1. The Labute approximate surface area is 91.0 Å². The van der Waals surface area contributed by atoms with Crippen molar-refractivity contribution in [2.24, 2.45) is 11.8 Å². The molecule has 1 heterocycles. The van der Waals surface area contributed by atoms with E-state index in [1.54, 1.807) is 0 Å². The topological polar surface area (TPSA) is 38.3 Å². The number of carbonyl (C=O) groups is 1. The minimum absolute atomic E-state index is 0. The Morgan fingerprint density at radius 2 is 2.29 bits per heavy atom. The fourth-order valence-electron chi connectivity index (χ4n) is 2.68. The molecule has 4 heteroatoms. The maximum Gasteiger partial charge on any atom is 0.323 e. The van der Waals surface area contributed by atoms with Crippen LogP contribution in [0.25, 0.3) is 0 Å². The lowest BCUT2D eigenvalue weighted by atomic mass is 9.94. The van der Waals surface area contributed by atoms with Crippen molar-refractivity contribution in [2.45, 2.75) is 32.2 Å². The largest absolute Gasteiger partial charge is 0.465 e. The molecule has 0 aromatic rings. The fraction of sp³-hybridized carbons (Fsp3) is 0.900. The maximum absolute atomic E-state index is 11.5. The van der Waals surface area contributed by atoms with E-state index in [1.807, 2.05) is 6.92 Å². The Morgan fingerprint density at radius 3 is 3.00 bits per heavy atom. The molecule has 3 nitrogen and oxygen atoms in total. The summed E-state index contributed by atoms with van der Waals surface area (Å²) in [5.41, 5.74) is 0. The predicted octanol–water partition coefficient (Wildman–Crippen LogP) is 1.36. The van der Waals surface area contributed by atoms with Crippen LogP contribution in [0.4, 0.5) is 0 Å². The summed E-state index contributed by atoms with van der Waals surface area (Å²) in [6.07, 6.45) is 3.77. The molecule has 14 heavy (non-hydrogen) atoms. The molecule has 0 aromatic heterocycles. The standard InChI is InChI=1S/C10H17NO2.ClH/c1-2-13-10(12)9-8-5-3-4-7(8)6-11-9;/h7-9,11H,2-6H2,1H3;1H/t7-,8-,9+;/m0./s1. The summed E-state index contributed by atoms with van der Waals surface area (Å²) in [5, 5.41) is 3.27. The Bertz CT molecular complexity index is 210. The summed E-state index contributed by atoms with van der Waals surface area (Å²) in [7, 11) is 0. The number of rotatable bonds is 2. The van der Waals surface area contributed by atoms with Crippen LogP contribution in [-0.4, -0.2) is 25.2 Å². The van der Waals surface area contributed by atoms with E-state index in [-0.39, 0.29) is 24.4 Å². The molecule has 2 rings (SSSR count). The Morgan fingerprint density at radius 1 is 1.50 bits per heavy atom. The minimum Gasteiger partial charge on any atom is -0.465 e. The first-order valence-electron chi connectivity index (χ1n) is 5.23. The van der Waals surface area contributed by atoms with E-state index >= 15 is 0 Å². The normalized spacial score (nSPS) is 34.8. The van der Waals surface area contributed by atoms with Gasteiger partial charge < -0.3 is 10.1 Å². The van der Waals surface area contributed by atoms with E-state index in [9.17, 15) is 4.79 Å². The average Bonchev–Trinajstić information content (AvgIpc) is 2.62. The molecule has 82 valence electrons. The third-order valence-electron chi connectivity index (χ3n) is 3.29. The van der Waals surface area contributed by atoms with Crippen molar-refractivity contribution in [2.75, 3.05) is 13.2 Å². The maximum atomic E-state index is 11.5. The molecule has 0 spiro atoms. The SMILES string of the molecule is CCOC(=O)[C@@H]1NC[C@@H]2CCC[C@@H]21.Cl. The number of hydrogen-bond donors (Lipinski definition) is 1. The number of hydrogen-bond acceptors (Lipinski definition) is 3. The van der Waals surface area contributed by atoms with Gasteiger partial charge in [-0.2, -0.15) is 0 Å². The van der Waals surface area contributed by atoms with Crippen molar-refractivity contribution in [3.8, 4) is 0 Å². The van der Waals surface area contributed by atoms with E-state index in [4.69, 9.17) is 4.74 Å². The summed E-state index contributed by atoms with van der Waals surface area (Å²) in [6.45, 7) is 3.36. The van der Waals surface area contributed by atoms with Crippen LogP contribution in [0.1, 0.15) is 26.2 Å². The lowest BCUT2D eigenvalue weighted by molar-refractivity contribution is -0.146. The summed E-state index contributed by atoms with van der Waals surface area (Å²) in [4.78, 5) is 11.5. The number of nitrogens with one attached hydrogen (secondary N) is 1. The smallest absolute Gasteiger partial charge is 0.323 e. The highest BCUT2D eigenvalue weighted by atomic mass is 35.5. The van der Waals surface area contributed by atoms with Gasteiger partial charge in [0.1, 0.15) is 6.04 Å². The van der Waals surface area contributed by atoms with Gasteiger partial charge in [-0.3, -0.25) is 4.79 Å². The first-order chi connectivity index (χ1) is 6.33. The van der Waals surface area contributed by atoms with Crippen LogP contribution >= 0.6 is 12.4 Å². The molecule has 2 fully saturated rings. The molecule has 1 aliphatic heterocycles. The van der Waals surface area contributed by atoms with E-state index in [2.05, 4.69) is 5.32 Å². The van der Waals surface area contributed by atoms with Crippen molar-refractivity contribution in [1.82, 2.24) is 5.32 Å². The van der Waals surface area contributed by atoms with E-state index < -0.39 is 0 Å². The third-order valence-corrected chi connectivity index (χ3v) is 3.29. The second-order valence-corrected chi connectivity index (χ2v) is 3.99. The first kappa shape index (κ1) is 11.8.